The average Bonchev–Trinajstić information content (AvgIpc) is 3.11. The van der Waals surface area contributed by atoms with Crippen LogP contribution in [-0.2, 0) is 28.4 Å². The maximum Gasteiger partial charge on any atom is 0.262 e. The summed E-state index contributed by atoms with van der Waals surface area (Å²) in [5, 5.41) is 0.0474. The summed E-state index contributed by atoms with van der Waals surface area (Å²) in [4.78, 5) is 21.3. The van der Waals surface area contributed by atoms with Crippen LogP contribution in [0.15, 0.2) is 35.5 Å². The Morgan fingerprint density at radius 1 is 1.16 bits per heavy atom. The Bertz CT molecular complexity index is 1010. The van der Waals surface area contributed by atoms with E-state index in [9.17, 15) is 17.6 Å². The van der Waals surface area contributed by atoms with Crippen LogP contribution in [-0.4, -0.2) is 78.3 Å². The van der Waals surface area contributed by atoms with Crippen LogP contribution in [0, 0.1) is 18.7 Å². The number of hydrogen-bond donors (Lipinski definition) is 0. The van der Waals surface area contributed by atoms with Crippen molar-refractivity contribution in [3.8, 4) is 0 Å². The van der Waals surface area contributed by atoms with Crippen LogP contribution in [0.25, 0.3) is 0 Å². The first-order valence-corrected chi connectivity index (χ1v) is 12.2. The normalized spacial score (nSPS) is 15.9. The molecular weight excluding hydrogens is 433 g/mol. The second-order valence-corrected chi connectivity index (χ2v) is 10.5. The molecule has 0 saturated carbocycles. The number of imidazole rings is 1. The number of hydrogen-bond acceptors (Lipinski definition) is 5. The molecule has 1 aromatic heterocycles. The molecule has 0 bridgehead atoms. The number of benzene rings is 1. The largest absolute Gasteiger partial charge is 0.337 e. The molecule has 3 rings (SSSR count). The number of aryl methyl sites for hydroxylation is 2. The molecule has 0 aliphatic carbocycles. The molecule has 0 N–H and O–H groups in total. The van der Waals surface area contributed by atoms with Gasteiger partial charge in [-0.3, -0.25) is 4.79 Å². The average molecular weight is 466 g/mol. The van der Waals surface area contributed by atoms with Crippen molar-refractivity contribution in [1.82, 2.24) is 23.7 Å². The highest BCUT2D eigenvalue weighted by Gasteiger charge is 2.35. The Morgan fingerprint density at radius 3 is 2.31 bits per heavy atom. The lowest BCUT2D eigenvalue weighted by atomic mass is 9.96. The minimum atomic E-state index is -3.67. The molecule has 0 atom stereocenters. The Hall–Kier alpha value is -2.30. The molecule has 0 radical (unpaired) electrons. The van der Waals surface area contributed by atoms with Gasteiger partial charge in [0, 0.05) is 51.9 Å². The third kappa shape index (κ3) is 5.73. The quantitative estimate of drug-likeness (QED) is 0.595. The van der Waals surface area contributed by atoms with Gasteiger partial charge >= 0.3 is 0 Å². The van der Waals surface area contributed by atoms with Gasteiger partial charge in [-0.15, -0.1) is 0 Å². The van der Waals surface area contributed by atoms with E-state index in [1.165, 1.54) is 22.6 Å². The van der Waals surface area contributed by atoms with Crippen molar-refractivity contribution >= 4 is 15.9 Å². The zero-order valence-corrected chi connectivity index (χ0v) is 20.0. The summed E-state index contributed by atoms with van der Waals surface area (Å²) in [6, 6.07) is 6.17. The molecule has 1 saturated heterocycles. The molecular formula is C22H32FN5O3S. The summed E-state index contributed by atoms with van der Waals surface area (Å²) >= 11 is 0. The second-order valence-electron chi connectivity index (χ2n) is 8.61. The van der Waals surface area contributed by atoms with E-state index in [1.54, 1.807) is 35.6 Å². The van der Waals surface area contributed by atoms with Gasteiger partial charge in [-0.2, -0.15) is 4.31 Å². The van der Waals surface area contributed by atoms with Gasteiger partial charge < -0.3 is 14.4 Å². The Kier molecular flexibility index (Phi) is 7.68. The van der Waals surface area contributed by atoms with Gasteiger partial charge in [0.15, 0.2) is 5.03 Å². The first-order valence-electron chi connectivity index (χ1n) is 10.8. The minimum Gasteiger partial charge on any atom is -0.337 e. The molecule has 1 aliphatic heterocycles. The molecule has 176 valence electrons. The monoisotopic (exact) mass is 465 g/mol. The van der Waals surface area contributed by atoms with Crippen molar-refractivity contribution in [2.45, 2.75) is 31.3 Å². The second kappa shape index (κ2) is 10.1. The Labute approximate surface area is 189 Å². The van der Waals surface area contributed by atoms with E-state index in [4.69, 9.17) is 0 Å². The standard InChI is InChI=1S/C22H32FN5O3S/c1-17-24-21(16-26(17)4)32(30,31)28-11-9-19(10-12-28)22(29)27(14-13-25(2)3)15-18-5-7-20(23)8-6-18/h5-8,16,19H,9-15H2,1-4H3. The number of carbonyl (C=O) groups is 1. The van der Waals surface area contributed by atoms with E-state index in [0.717, 1.165) is 5.56 Å². The van der Waals surface area contributed by atoms with E-state index in [2.05, 4.69) is 4.98 Å². The fourth-order valence-electron chi connectivity index (χ4n) is 3.78. The van der Waals surface area contributed by atoms with Gasteiger partial charge in [0.2, 0.25) is 5.91 Å². The van der Waals surface area contributed by atoms with Crippen molar-refractivity contribution in [1.29, 1.82) is 0 Å². The molecule has 2 heterocycles. The third-order valence-corrected chi connectivity index (χ3v) is 7.68. The van der Waals surface area contributed by atoms with Crippen LogP contribution < -0.4 is 0 Å². The number of carbonyl (C=O) groups excluding carboxylic acids is 1. The van der Waals surface area contributed by atoms with Gasteiger partial charge in [0.05, 0.1) is 0 Å². The number of aromatic nitrogens is 2. The zero-order chi connectivity index (χ0) is 23.5. The molecule has 10 heteroatoms. The minimum absolute atomic E-state index is 0.0157. The number of halogens is 1. The van der Waals surface area contributed by atoms with Crippen LogP contribution in [0.5, 0.6) is 0 Å². The molecule has 1 aliphatic rings. The molecule has 0 spiro atoms. The van der Waals surface area contributed by atoms with Gasteiger partial charge in [0.1, 0.15) is 11.6 Å². The fraction of sp³-hybridized carbons (Fsp3) is 0.545. The van der Waals surface area contributed by atoms with Crippen molar-refractivity contribution < 1.29 is 17.6 Å². The molecule has 0 unspecified atom stereocenters. The Morgan fingerprint density at radius 2 is 1.78 bits per heavy atom. The summed E-state index contributed by atoms with van der Waals surface area (Å²) in [7, 11) is 1.98. The predicted molar refractivity (Wildman–Crippen MR) is 120 cm³/mol. The van der Waals surface area contributed by atoms with Crippen LogP contribution in [0.4, 0.5) is 4.39 Å². The van der Waals surface area contributed by atoms with Gasteiger partial charge in [-0.1, -0.05) is 12.1 Å². The smallest absolute Gasteiger partial charge is 0.262 e. The lowest BCUT2D eigenvalue weighted by Crippen LogP contribution is -2.45. The zero-order valence-electron chi connectivity index (χ0n) is 19.2. The molecule has 8 nitrogen and oxygen atoms in total. The number of rotatable bonds is 8. The maximum atomic E-state index is 13.3. The van der Waals surface area contributed by atoms with Crippen molar-refractivity contribution in [2.24, 2.45) is 13.0 Å². The van der Waals surface area contributed by atoms with Gasteiger partial charge in [-0.05, 0) is 51.6 Å². The van der Waals surface area contributed by atoms with Gasteiger partial charge in [-0.25, -0.2) is 17.8 Å². The third-order valence-electron chi connectivity index (χ3n) is 5.91. The van der Waals surface area contributed by atoms with E-state index in [1.807, 2.05) is 19.0 Å². The Balaban J connectivity index is 1.66. The molecule has 1 amide bonds. The van der Waals surface area contributed by atoms with Crippen LogP contribution in [0.1, 0.15) is 24.2 Å². The number of piperidine rings is 1. The lowest BCUT2D eigenvalue weighted by Gasteiger charge is -2.34. The first kappa shape index (κ1) is 24.3. The summed E-state index contributed by atoms with van der Waals surface area (Å²) < 4.78 is 42.2. The predicted octanol–water partition coefficient (Wildman–Crippen LogP) is 1.86. The SMILES string of the molecule is Cc1nc(S(=O)(=O)N2CCC(C(=O)N(CCN(C)C)Cc3ccc(F)cc3)CC2)cn1C. The highest BCUT2D eigenvalue weighted by molar-refractivity contribution is 7.89. The lowest BCUT2D eigenvalue weighted by molar-refractivity contribution is -0.137. The fourth-order valence-corrected chi connectivity index (χ4v) is 5.28. The first-order chi connectivity index (χ1) is 15.1. The molecule has 1 aromatic carbocycles. The number of sulfonamides is 1. The van der Waals surface area contributed by atoms with Crippen molar-refractivity contribution in [2.75, 3.05) is 40.3 Å². The van der Waals surface area contributed by atoms with Crippen LogP contribution in [0.2, 0.25) is 0 Å². The van der Waals surface area contributed by atoms with E-state index in [0.29, 0.717) is 38.3 Å². The highest BCUT2D eigenvalue weighted by Crippen LogP contribution is 2.25. The molecule has 32 heavy (non-hydrogen) atoms. The van der Waals surface area contributed by atoms with E-state index >= 15 is 0 Å². The summed E-state index contributed by atoms with van der Waals surface area (Å²) in [6.45, 7) is 3.99. The maximum absolute atomic E-state index is 13.3. The van der Waals surface area contributed by atoms with E-state index < -0.39 is 10.0 Å². The summed E-state index contributed by atoms with van der Waals surface area (Å²) in [6.07, 6.45) is 2.45. The topological polar surface area (TPSA) is 78.8 Å². The van der Waals surface area contributed by atoms with Crippen LogP contribution >= 0.6 is 0 Å². The summed E-state index contributed by atoms with van der Waals surface area (Å²) in [5.74, 6) is 0.0963. The van der Waals surface area contributed by atoms with Crippen LogP contribution in [0.3, 0.4) is 0 Å². The summed E-state index contributed by atoms with van der Waals surface area (Å²) in [5.41, 5.74) is 0.865. The molecule has 1 fully saturated rings. The van der Waals surface area contributed by atoms with E-state index in [-0.39, 0.29) is 35.8 Å². The van der Waals surface area contributed by atoms with Crippen molar-refractivity contribution in [3.05, 3.63) is 47.7 Å². The van der Waals surface area contributed by atoms with Gasteiger partial charge in [0.25, 0.3) is 10.0 Å². The number of nitrogens with zero attached hydrogens (tertiary/aromatic N) is 5. The highest BCUT2D eigenvalue weighted by atomic mass is 32.2. The number of amides is 1. The number of likely N-dealkylation sites (N-methyl/N-ethyl adjacent to an activating group) is 1. The van der Waals surface area contributed by atoms with Crippen molar-refractivity contribution in [3.63, 3.8) is 0 Å². The molecule has 2 aromatic rings.